The number of benzene rings is 1. The first-order valence-electron chi connectivity index (χ1n) is 7.13. The second-order valence-corrected chi connectivity index (χ2v) is 5.58. The third kappa shape index (κ3) is 3.93. The summed E-state index contributed by atoms with van der Waals surface area (Å²) in [5.74, 6) is 0.985. The number of nitrogens with zero attached hydrogens (tertiary/aromatic N) is 2. The highest BCUT2D eigenvalue weighted by atomic mass is 16.6. The average molecular weight is 292 g/mol. The number of hydrogen-bond donors (Lipinski definition) is 0. The summed E-state index contributed by atoms with van der Waals surface area (Å²) in [7, 11) is 0. The summed E-state index contributed by atoms with van der Waals surface area (Å²) in [6, 6.07) is 4.51. The highest BCUT2D eigenvalue weighted by molar-refractivity contribution is 5.77. The van der Waals surface area contributed by atoms with Crippen molar-refractivity contribution in [1.82, 2.24) is 4.90 Å². The third-order valence-corrected chi connectivity index (χ3v) is 3.74. The molecule has 6 heteroatoms. The van der Waals surface area contributed by atoms with E-state index in [0.717, 1.165) is 25.9 Å². The van der Waals surface area contributed by atoms with Crippen LogP contribution in [0, 0.1) is 23.0 Å². The van der Waals surface area contributed by atoms with E-state index in [1.54, 1.807) is 13.0 Å². The second kappa shape index (κ2) is 6.56. The number of nitro benzene ring substituents is 1. The van der Waals surface area contributed by atoms with Crippen LogP contribution >= 0.6 is 0 Å². The first-order valence-corrected chi connectivity index (χ1v) is 7.13. The Morgan fingerprint density at radius 1 is 1.52 bits per heavy atom. The average Bonchev–Trinajstić information content (AvgIpc) is 2.44. The van der Waals surface area contributed by atoms with Crippen molar-refractivity contribution in [2.45, 2.75) is 26.7 Å². The van der Waals surface area contributed by atoms with Crippen LogP contribution in [0.25, 0.3) is 0 Å². The number of carbonyl (C=O) groups excluding carboxylic acids is 1. The van der Waals surface area contributed by atoms with E-state index in [1.165, 1.54) is 12.1 Å². The SMILES string of the molecule is Cc1cc(OCC(=O)N2CCCC(C)C2)ccc1[N+](=O)[O-]. The fraction of sp³-hybridized carbons (Fsp3) is 0.533. The fourth-order valence-electron chi connectivity index (χ4n) is 2.57. The number of rotatable bonds is 4. The third-order valence-electron chi connectivity index (χ3n) is 3.74. The van der Waals surface area contributed by atoms with Gasteiger partial charge in [0, 0.05) is 24.7 Å². The number of amides is 1. The maximum absolute atomic E-state index is 12.1. The van der Waals surface area contributed by atoms with Gasteiger partial charge in [-0.05, 0) is 37.8 Å². The first kappa shape index (κ1) is 15.3. The maximum Gasteiger partial charge on any atom is 0.272 e. The molecule has 1 fully saturated rings. The molecule has 1 unspecified atom stereocenters. The van der Waals surface area contributed by atoms with Crippen LogP contribution in [0.3, 0.4) is 0 Å². The van der Waals surface area contributed by atoms with Crippen molar-refractivity contribution in [3.63, 3.8) is 0 Å². The number of piperidine rings is 1. The summed E-state index contributed by atoms with van der Waals surface area (Å²) >= 11 is 0. The molecule has 1 amide bonds. The quantitative estimate of drug-likeness (QED) is 0.631. The van der Waals surface area contributed by atoms with E-state index in [1.807, 2.05) is 4.90 Å². The van der Waals surface area contributed by atoms with Gasteiger partial charge in [0.1, 0.15) is 5.75 Å². The molecule has 1 atom stereocenters. The minimum Gasteiger partial charge on any atom is -0.484 e. The van der Waals surface area contributed by atoms with Gasteiger partial charge in [0.2, 0.25) is 0 Å². The van der Waals surface area contributed by atoms with Crippen LogP contribution in [0.5, 0.6) is 5.75 Å². The Morgan fingerprint density at radius 2 is 2.29 bits per heavy atom. The van der Waals surface area contributed by atoms with Crippen molar-refractivity contribution < 1.29 is 14.5 Å². The minimum absolute atomic E-state index is 0.0238. The molecule has 6 nitrogen and oxygen atoms in total. The van der Waals surface area contributed by atoms with Crippen LogP contribution < -0.4 is 4.74 Å². The summed E-state index contributed by atoms with van der Waals surface area (Å²) in [6.07, 6.45) is 2.19. The van der Waals surface area contributed by atoms with Gasteiger partial charge < -0.3 is 9.64 Å². The summed E-state index contributed by atoms with van der Waals surface area (Å²) < 4.78 is 5.46. The Hall–Kier alpha value is -2.11. The van der Waals surface area contributed by atoms with Gasteiger partial charge in [0.15, 0.2) is 6.61 Å². The summed E-state index contributed by atoms with van der Waals surface area (Å²) in [6.45, 7) is 5.33. The molecule has 0 saturated carbocycles. The Kier molecular flexibility index (Phi) is 4.77. The van der Waals surface area contributed by atoms with Crippen molar-refractivity contribution in [3.05, 3.63) is 33.9 Å². The van der Waals surface area contributed by atoms with Gasteiger partial charge in [0.05, 0.1) is 4.92 Å². The molecule has 1 aliphatic rings. The lowest BCUT2D eigenvalue weighted by Gasteiger charge is -2.30. The van der Waals surface area contributed by atoms with Crippen molar-refractivity contribution in [2.75, 3.05) is 19.7 Å². The highest BCUT2D eigenvalue weighted by Crippen LogP contribution is 2.23. The summed E-state index contributed by atoms with van der Waals surface area (Å²) in [5.41, 5.74) is 0.579. The molecule has 1 aliphatic heterocycles. The molecule has 2 rings (SSSR count). The van der Waals surface area contributed by atoms with Crippen molar-refractivity contribution >= 4 is 11.6 Å². The Morgan fingerprint density at radius 3 is 2.90 bits per heavy atom. The number of likely N-dealkylation sites (tertiary alicyclic amines) is 1. The monoisotopic (exact) mass is 292 g/mol. The second-order valence-electron chi connectivity index (χ2n) is 5.58. The molecular formula is C15H20N2O4. The molecule has 21 heavy (non-hydrogen) atoms. The molecule has 0 N–H and O–H groups in total. The fourth-order valence-corrected chi connectivity index (χ4v) is 2.57. The standard InChI is InChI=1S/C15H20N2O4/c1-11-4-3-7-16(9-11)15(18)10-21-13-5-6-14(17(19)20)12(2)8-13/h5-6,8,11H,3-4,7,9-10H2,1-2H3. The Labute approximate surface area is 123 Å². The highest BCUT2D eigenvalue weighted by Gasteiger charge is 2.21. The number of carbonyl (C=O) groups is 1. The van der Waals surface area contributed by atoms with Crippen LogP contribution in [0.2, 0.25) is 0 Å². The first-order chi connectivity index (χ1) is 9.97. The molecule has 114 valence electrons. The smallest absolute Gasteiger partial charge is 0.272 e. The van der Waals surface area contributed by atoms with E-state index in [4.69, 9.17) is 4.74 Å². The Bertz CT molecular complexity index is 544. The molecule has 1 heterocycles. The molecule has 1 aromatic rings. The lowest BCUT2D eigenvalue weighted by molar-refractivity contribution is -0.385. The Balaban J connectivity index is 1.92. The molecule has 0 spiro atoms. The molecule has 0 radical (unpaired) electrons. The van der Waals surface area contributed by atoms with Gasteiger partial charge in [-0.25, -0.2) is 0 Å². The molecule has 0 aliphatic carbocycles. The van der Waals surface area contributed by atoms with E-state index in [-0.39, 0.29) is 18.2 Å². The van der Waals surface area contributed by atoms with Gasteiger partial charge in [-0.15, -0.1) is 0 Å². The number of nitro groups is 1. The molecule has 0 bridgehead atoms. The van der Waals surface area contributed by atoms with Gasteiger partial charge in [-0.3, -0.25) is 14.9 Å². The normalized spacial score (nSPS) is 18.4. The lowest BCUT2D eigenvalue weighted by Crippen LogP contribution is -2.41. The lowest BCUT2D eigenvalue weighted by atomic mass is 10.0. The maximum atomic E-state index is 12.1. The molecule has 1 aromatic carbocycles. The van der Waals surface area contributed by atoms with Gasteiger partial charge in [-0.2, -0.15) is 0 Å². The van der Waals surface area contributed by atoms with E-state index >= 15 is 0 Å². The topological polar surface area (TPSA) is 72.7 Å². The van der Waals surface area contributed by atoms with E-state index in [9.17, 15) is 14.9 Å². The van der Waals surface area contributed by atoms with Gasteiger partial charge >= 0.3 is 0 Å². The zero-order chi connectivity index (χ0) is 15.4. The molecular weight excluding hydrogens is 272 g/mol. The van der Waals surface area contributed by atoms with Crippen LogP contribution in [0.15, 0.2) is 18.2 Å². The largest absolute Gasteiger partial charge is 0.484 e. The molecule has 1 saturated heterocycles. The van der Waals surface area contributed by atoms with E-state index in [0.29, 0.717) is 17.2 Å². The van der Waals surface area contributed by atoms with Crippen LogP contribution in [0.4, 0.5) is 5.69 Å². The number of hydrogen-bond acceptors (Lipinski definition) is 4. The molecule has 0 aromatic heterocycles. The number of aryl methyl sites for hydroxylation is 1. The minimum atomic E-state index is -0.431. The van der Waals surface area contributed by atoms with Crippen molar-refractivity contribution in [2.24, 2.45) is 5.92 Å². The van der Waals surface area contributed by atoms with Gasteiger partial charge in [0.25, 0.3) is 11.6 Å². The van der Waals surface area contributed by atoms with Gasteiger partial charge in [-0.1, -0.05) is 6.92 Å². The van der Waals surface area contributed by atoms with Crippen LogP contribution in [-0.4, -0.2) is 35.4 Å². The van der Waals surface area contributed by atoms with Crippen molar-refractivity contribution in [3.8, 4) is 5.75 Å². The van der Waals surface area contributed by atoms with Crippen LogP contribution in [0.1, 0.15) is 25.3 Å². The summed E-state index contributed by atoms with van der Waals surface area (Å²) in [5, 5.41) is 10.7. The zero-order valence-corrected chi connectivity index (χ0v) is 12.4. The summed E-state index contributed by atoms with van der Waals surface area (Å²) in [4.78, 5) is 24.2. The van der Waals surface area contributed by atoms with E-state index in [2.05, 4.69) is 6.92 Å². The van der Waals surface area contributed by atoms with E-state index < -0.39 is 4.92 Å². The predicted molar refractivity (Wildman–Crippen MR) is 78.3 cm³/mol. The van der Waals surface area contributed by atoms with Crippen LogP contribution in [-0.2, 0) is 4.79 Å². The predicted octanol–water partition coefficient (Wildman–Crippen LogP) is 2.54. The number of ether oxygens (including phenoxy) is 1. The van der Waals surface area contributed by atoms with Crippen molar-refractivity contribution in [1.29, 1.82) is 0 Å². The zero-order valence-electron chi connectivity index (χ0n) is 12.4.